The lowest BCUT2D eigenvalue weighted by molar-refractivity contribution is 0.869. The molecule has 0 saturated heterocycles. The largest absolute Gasteiger partial charge is 0.399 e. The lowest BCUT2D eigenvalue weighted by atomic mass is 9.97. The van der Waals surface area contributed by atoms with Gasteiger partial charge in [0.15, 0.2) is 0 Å². The van der Waals surface area contributed by atoms with Gasteiger partial charge in [-0.15, -0.1) is 0 Å². The third kappa shape index (κ3) is 3.13. The highest BCUT2D eigenvalue weighted by Crippen LogP contribution is 2.19. The number of rotatable bonds is 4. The third-order valence-electron chi connectivity index (χ3n) is 4.22. The van der Waals surface area contributed by atoms with Gasteiger partial charge >= 0.3 is 0 Å². The van der Waals surface area contributed by atoms with Crippen LogP contribution >= 0.6 is 0 Å². The van der Waals surface area contributed by atoms with Crippen LogP contribution < -0.4 is 10.6 Å². The Morgan fingerprint density at radius 3 is 2.20 bits per heavy atom. The van der Waals surface area contributed by atoms with Gasteiger partial charge in [0.25, 0.3) is 0 Å². The van der Waals surface area contributed by atoms with Gasteiger partial charge in [-0.2, -0.15) is 0 Å². The molecule has 2 nitrogen and oxygen atoms in total. The summed E-state index contributed by atoms with van der Waals surface area (Å²) in [5.41, 5.74) is 13.4. The normalized spacial score (nSPS) is 10.6. The summed E-state index contributed by atoms with van der Waals surface area (Å²) in [6, 6.07) is 12.5. The Hall–Kier alpha value is -1.96. The molecule has 0 amide bonds. The topological polar surface area (TPSA) is 29.3 Å². The van der Waals surface area contributed by atoms with Crippen LogP contribution in [0.5, 0.6) is 0 Å². The maximum Gasteiger partial charge on any atom is 0.0365 e. The van der Waals surface area contributed by atoms with Crippen molar-refractivity contribution in [2.45, 2.75) is 27.2 Å². The number of nitrogens with two attached hydrogens (primary N) is 1. The molecule has 0 unspecified atom stereocenters. The van der Waals surface area contributed by atoms with Gasteiger partial charge in [-0.1, -0.05) is 12.1 Å². The fourth-order valence-corrected chi connectivity index (χ4v) is 2.43. The van der Waals surface area contributed by atoms with Crippen LogP contribution in [0.15, 0.2) is 36.4 Å². The summed E-state index contributed by atoms with van der Waals surface area (Å²) < 4.78 is 0. The summed E-state index contributed by atoms with van der Waals surface area (Å²) in [4.78, 5) is 2.27. The van der Waals surface area contributed by atoms with Gasteiger partial charge in [0.2, 0.25) is 0 Å². The fourth-order valence-electron chi connectivity index (χ4n) is 2.43. The quantitative estimate of drug-likeness (QED) is 0.853. The minimum Gasteiger partial charge on any atom is -0.399 e. The molecule has 2 aromatic rings. The molecular formula is C18H24N2. The van der Waals surface area contributed by atoms with Crippen molar-refractivity contribution in [2.24, 2.45) is 0 Å². The van der Waals surface area contributed by atoms with Gasteiger partial charge in [-0.3, -0.25) is 0 Å². The molecule has 2 heteroatoms. The molecule has 2 N–H and O–H groups in total. The summed E-state index contributed by atoms with van der Waals surface area (Å²) in [6.07, 6.45) is 1.06. The molecule has 0 aliphatic carbocycles. The number of likely N-dealkylation sites (N-methyl/N-ethyl adjacent to an activating group) is 1. The summed E-state index contributed by atoms with van der Waals surface area (Å²) in [7, 11) is 2.13. The molecule has 0 saturated carbocycles. The molecule has 0 fully saturated rings. The first-order valence-electron chi connectivity index (χ1n) is 7.11. The number of nitrogens with zero attached hydrogens (tertiary/aromatic N) is 1. The van der Waals surface area contributed by atoms with E-state index in [2.05, 4.69) is 57.0 Å². The first-order valence-corrected chi connectivity index (χ1v) is 7.11. The Morgan fingerprint density at radius 1 is 0.900 bits per heavy atom. The Balaban J connectivity index is 2.05. The number of aryl methyl sites for hydroxylation is 1. The molecule has 0 aliphatic rings. The van der Waals surface area contributed by atoms with Gasteiger partial charge in [0.1, 0.15) is 0 Å². The average molecular weight is 268 g/mol. The van der Waals surface area contributed by atoms with Crippen molar-refractivity contribution in [2.75, 3.05) is 24.2 Å². The number of hydrogen-bond acceptors (Lipinski definition) is 2. The Bertz CT molecular complexity index is 585. The van der Waals surface area contributed by atoms with Crippen molar-refractivity contribution in [3.05, 3.63) is 58.7 Å². The maximum absolute atomic E-state index is 5.72. The standard InChI is InChI=1S/C18H24N2/c1-13-5-6-16(15(3)14(13)2)11-12-20(4)18-9-7-17(19)8-10-18/h5-10H,11-12,19H2,1-4H3. The van der Waals surface area contributed by atoms with Crippen LogP contribution in [0.25, 0.3) is 0 Å². The molecule has 0 spiro atoms. The Labute approximate surface area is 122 Å². The second kappa shape index (κ2) is 6.00. The van der Waals surface area contributed by atoms with Crippen LogP contribution in [0.2, 0.25) is 0 Å². The molecule has 106 valence electrons. The van der Waals surface area contributed by atoms with Crippen molar-refractivity contribution in [3.63, 3.8) is 0 Å². The summed E-state index contributed by atoms with van der Waals surface area (Å²) >= 11 is 0. The van der Waals surface area contributed by atoms with E-state index in [0.717, 1.165) is 18.7 Å². The Kier molecular flexibility index (Phi) is 4.33. The molecule has 0 atom stereocenters. The maximum atomic E-state index is 5.72. The smallest absolute Gasteiger partial charge is 0.0365 e. The SMILES string of the molecule is Cc1ccc(CCN(C)c2ccc(N)cc2)c(C)c1C. The van der Waals surface area contributed by atoms with Gasteiger partial charge in [-0.25, -0.2) is 0 Å². The van der Waals surface area contributed by atoms with Gasteiger partial charge in [-0.05, 0) is 73.7 Å². The molecule has 0 heterocycles. The van der Waals surface area contributed by atoms with E-state index in [1.54, 1.807) is 0 Å². The molecular weight excluding hydrogens is 244 g/mol. The van der Waals surface area contributed by atoms with Gasteiger partial charge in [0, 0.05) is 25.0 Å². The molecule has 0 aliphatic heterocycles. The monoisotopic (exact) mass is 268 g/mol. The van der Waals surface area contributed by atoms with E-state index in [1.807, 2.05) is 12.1 Å². The highest BCUT2D eigenvalue weighted by molar-refractivity contribution is 5.52. The van der Waals surface area contributed by atoms with E-state index >= 15 is 0 Å². The molecule has 0 bridgehead atoms. The van der Waals surface area contributed by atoms with Crippen molar-refractivity contribution in [3.8, 4) is 0 Å². The second-order valence-corrected chi connectivity index (χ2v) is 5.55. The zero-order valence-electron chi connectivity index (χ0n) is 12.9. The lowest BCUT2D eigenvalue weighted by Crippen LogP contribution is -2.20. The highest BCUT2D eigenvalue weighted by atomic mass is 15.1. The predicted octanol–water partition coefficient (Wildman–Crippen LogP) is 3.87. The predicted molar refractivity (Wildman–Crippen MR) is 88.5 cm³/mol. The number of anilines is 2. The second-order valence-electron chi connectivity index (χ2n) is 5.55. The van der Waals surface area contributed by atoms with E-state index in [-0.39, 0.29) is 0 Å². The highest BCUT2D eigenvalue weighted by Gasteiger charge is 2.06. The van der Waals surface area contributed by atoms with Crippen molar-refractivity contribution in [1.29, 1.82) is 0 Å². The molecule has 2 rings (SSSR count). The zero-order valence-corrected chi connectivity index (χ0v) is 12.9. The summed E-state index contributed by atoms with van der Waals surface area (Å²) in [5.74, 6) is 0. The summed E-state index contributed by atoms with van der Waals surface area (Å²) in [5, 5.41) is 0. The fraction of sp³-hybridized carbons (Fsp3) is 0.333. The average Bonchev–Trinajstić information content (AvgIpc) is 2.44. The first-order chi connectivity index (χ1) is 9.49. The molecule has 2 aromatic carbocycles. The van der Waals surface area contributed by atoms with Crippen LogP contribution in [0.1, 0.15) is 22.3 Å². The zero-order chi connectivity index (χ0) is 14.7. The van der Waals surface area contributed by atoms with E-state index in [4.69, 9.17) is 5.73 Å². The van der Waals surface area contributed by atoms with Crippen molar-refractivity contribution < 1.29 is 0 Å². The van der Waals surface area contributed by atoms with E-state index in [1.165, 1.54) is 27.9 Å². The third-order valence-corrected chi connectivity index (χ3v) is 4.22. The number of hydrogen-bond donors (Lipinski definition) is 1. The summed E-state index contributed by atoms with van der Waals surface area (Å²) in [6.45, 7) is 7.61. The lowest BCUT2D eigenvalue weighted by Gasteiger charge is -2.20. The van der Waals surface area contributed by atoms with Gasteiger partial charge in [0.05, 0.1) is 0 Å². The van der Waals surface area contributed by atoms with Crippen LogP contribution in [0.4, 0.5) is 11.4 Å². The first kappa shape index (κ1) is 14.4. The van der Waals surface area contributed by atoms with Crippen LogP contribution in [0.3, 0.4) is 0 Å². The minimum atomic E-state index is 0.812. The van der Waals surface area contributed by atoms with E-state index < -0.39 is 0 Å². The Morgan fingerprint density at radius 2 is 1.55 bits per heavy atom. The van der Waals surface area contributed by atoms with Crippen molar-refractivity contribution >= 4 is 11.4 Å². The molecule has 20 heavy (non-hydrogen) atoms. The van der Waals surface area contributed by atoms with Crippen LogP contribution in [-0.2, 0) is 6.42 Å². The van der Waals surface area contributed by atoms with Crippen molar-refractivity contribution in [1.82, 2.24) is 0 Å². The van der Waals surface area contributed by atoms with Gasteiger partial charge < -0.3 is 10.6 Å². The van der Waals surface area contributed by atoms with E-state index in [9.17, 15) is 0 Å². The molecule has 0 aromatic heterocycles. The number of nitrogen functional groups attached to an aromatic ring is 1. The number of benzene rings is 2. The molecule has 0 radical (unpaired) electrons. The van der Waals surface area contributed by atoms with Crippen LogP contribution in [0, 0.1) is 20.8 Å². The van der Waals surface area contributed by atoms with E-state index in [0.29, 0.717) is 0 Å². The van der Waals surface area contributed by atoms with Crippen LogP contribution in [-0.4, -0.2) is 13.6 Å². The minimum absolute atomic E-state index is 0.812.